The topological polar surface area (TPSA) is 52.7 Å². The molecule has 1 atom stereocenters. The first kappa shape index (κ1) is 20.7. The first-order chi connectivity index (χ1) is 15.5. The van der Waals surface area contributed by atoms with Crippen molar-refractivity contribution in [2.24, 2.45) is 5.92 Å². The van der Waals surface area contributed by atoms with Gasteiger partial charge in [0.15, 0.2) is 0 Å². The van der Waals surface area contributed by atoms with Gasteiger partial charge in [-0.1, -0.05) is 66.7 Å². The minimum absolute atomic E-state index is 0.177. The Bertz CT molecular complexity index is 1140. The zero-order valence-electron chi connectivity index (χ0n) is 18.5. The van der Waals surface area contributed by atoms with Gasteiger partial charge >= 0.3 is 6.03 Å². The standard InChI is InChI=1S/C27H29N3O2/c1-27(24-12-11-22-9-5-6-10-23(22)18-24)25(31)30(26(32)28-27)19-29-15-13-21(14-16-29)17-20-7-3-2-4-8-20/h2-12,18,21H,13-17,19H2,1H3,(H,28,32)/t27-/m0/s1. The smallest absolute Gasteiger partial charge is 0.319 e. The van der Waals surface area contributed by atoms with Crippen LogP contribution in [-0.4, -0.2) is 41.5 Å². The third-order valence-electron chi connectivity index (χ3n) is 7.02. The van der Waals surface area contributed by atoms with Crippen LogP contribution in [0.3, 0.4) is 0 Å². The quantitative estimate of drug-likeness (QED) is 0.609. The number of urea groups is 1. The molecule has 3 amide bonds. The average molecular weight is 428 g/mol. The van der Waals surface area contributed by atoms with Crippen molar-refractivity contribution in [3.63, 3.8) is 0 Å². The normalized spacial score (nSPS) is 22.5. The highest BCUT2D eigenvalue weighted by atomic mass is 16.2. The van der Waals surface area contributed by atoms with Gasteiger partial charge in [0.25, 0.3) is 5.91 Å². The van der Waals surface area contributed by atoms with E-state index in [4.69, 9.17) is 0 Å². The first-order valence-corrected chi connectivity index (χ1v) is 11.4. The molecule has 1 N–H and O–H groups in total. The van der Waals surface area contributed by atoms with Crippen LogP contribution in [0.2, 0.25) is 0 Å². The number of nitrogens with one attached hydrogen (secondary N) is 1. The third kappa shape index (κ3) is 3.89. The van der Waals surface area contributed by atoms with E-state index in [-0.39, 0.29) is 11.9 Å². The maximum atomic E-state index is 13.4. The number of amides is 3. The van der Waals surface area contributed by atoms with Crippen LogP contribution >= 0.6 is 0 Å². The van der Waals surface area contributed by atoms with Crippen molar-refractivity contribution in [2.75, 3.05) is 19.8 Å². The number of hydrogen-bond donors (Lipinski definition) is 1. The van der Waals surface area contributed by atoms with Crippen LogP contribution in [0.5, 0.6) is 0 Å². The number of carbonyl (C=O) groups is 2. The third-order valence-corrected chi connectivity index (χ3v) is 7.02. The molecule has 0 radical (unpaired) electrons. The van der Waals surface area contributed by atoms with Gasteiger partial charge < -0.3 is 5.32 Å². The van der Waals surface area contributed by atoms with E-state index in [1.54, 1.807) is 0 Å². The molecular weight excluding hydrogens is 398 g/mol. The minimum Gasteiger partial charge on any atom is -0.319 e. The lowest BCUT2D eigenvalue weighted by Gasteiger charge is -2.34. The lowest BCUT2D eigenvalue weighted by atomic mass is 9.90. The highest BCUT2D eigenvalue weighted by molar-refractivity contribution is 6.07. The molecule has 0 aromatic heterocycles. The van der Waals surface area contributed by atoms with Gasteiger partial charge in [-0.05, 0) is 60.1 Å². The van der Waals surface area contributed by atoms with Gasteiger partial charge in [-0.25, -0.2) is 9.69 Å². The number of likely N-dealkylation sites (tertiary alicyclic amines) is 1. The summed E-state index contributed by atoms with van der Waals surface area (Å²) >= 11 is 0. The summed E-state index contributed by atoms with van der Waals surface area (Å²) in [7, 11) is 0. The van der Waals surface area contributed by atoms with Crippen LogP contribution in [0, 0.1) is 5.92 Å². The molecule has 2 aliphatic heterocycles. The van der Waals surface area contributed by atoms with Crippen molar-refractivity contribution < 1.29 is 9.59 Å². The first-order valence-electron chi connectivity index (χ1n) is 11.4. The fourth-order valence-corrected chi connectivity index (χ4v) is 5.00. The van der Waals surface area contributed by atoms with Crippen molar-refractivity contribution in [3.05, 3.63) is 83.9 Å². The Morgan fingerprint density at radius 1 is 0.906 bits per heavy atom. The highest BCUT2D eigenvalue weighted by Crippen LogP contribution is 2.31. The van der Waals surface area contributed by atoms with Crippen LogP contribution in [0.25, 0.3) is 10.8 Å². The van der Waals surface area contributed by atoms with Gasteiger partial charge in [0.1, 0.15) is 5.54 Å². The zero-order chi connectivity index (χ0) is 22.1. The number of rotatable bonds is 5. The van der Waals surface area contributed by atoms with Gasteiger partial charge in [-0.15, -0.1) is 0 Å². The SMILES string of the molecule is C[C@@]1(c2ccc3ccccc3c2)NC(=O)N(CN2CCC(Cc3ccccc3)CC2)C1=O. The largest absolute Gasteiger partial charge is 0.326 e. The Labute approximate surface area is 189 Å². The maximum absolute atomic E-state index is 13.4. The highest BCUT2D eigenvalue weighted by Gasteiger charge is 2.49. The minimum atomic E-state index is -1.03. The Morgan fingerprint density at radius 2 is 1.59 bits per heavy atom. The van der Waals surface area contributed by atoms with Gasteiger partial charge in [0.05, 0.1) is 6.67 Å². The maximum Gasteiger partial charge on any atom is 0.326 e. The van der Waals surface area contributed by atoms with E-state index in [1.807, 2.05) is 49.4 Å². The summed E-state index contributed by atoms with van der Waals surface area (Å²) in [6.45, 7) is 3.97. The number of benzene rings is 3. The lowest BCUT2D eigenvalue weighted by Crippen LogP contribution is -2.46. The summed E-state index contributed by atoms with van der Waals surface area (Å²) in [5, 5.41) is 5.13. The zero-order valence-corrected chi connectivity index (χ0v) is 18.5. The summed E-state index contributed by atoms with van der Waals surface area (Å²) in [5.41, 5.74) is 1.16. The second-order valence-corrected chi connectivity index (χ2v) is 9.24. The number of imide groups is 1. The Balaban J connectivity index is 1.24. The van der Waals surface area contributed by atoms with Crippen LogP contribution in [0.15, 0.2) is 72.8 Å². The van der Waals surface area contributed by atoms with Gasteiger partial charge in [0.2, 0.25) is 0 Å². The molecule has 5 nitrogen and oxygen atoms in total. The van der Waals surface area contributed by atoms with Crippen LogP contribution < -0.4 is 5.32 Å². The Kier molecular flexibility index (Phi) is 5.43. The van der Waals surface area contributed by atoms with E-state index < -0.39 is 5.54 Å². The van der Waals surface area contributed by atoms with E-state index >= 15 is 0 Å². The fourth-order valence-electron chi connectivity index (χ4n) is 5.00. The second kappa shape index (κ2) is 8.40. The molecule has 0 bridgehead atoms. The second-order valence-electron chi connectivity index (χ2n) is 9.24. The molecule has 0 unspecified atom stereocenters. The van der Waals surface area contributed by atoms with E-state index in [0.29, 0.717) is 12.6 Å². The molecule has 0 spiro atoms. The summed E-state index contributed by atoms with van der Waals surface area (Å²) < 4.78 is 0. The predicted molar refractivity (Wildman–Crippen MR) is 126 cm³/mol. The van der Waals surface area contributed by atoms with Crippen LogP contribution in [-0.2, 0) is 16.8 Å². The molecule has 0 saturated carbocycles. The monoisotopic (exact) mass is 427 g/mol. The molecule has 0 aliphatic carbocycles. The van der Waals surface area contributed by atoms with Gasteiger partial charge in [-0.2, -0.15) is 0 Å². The van der Waals surface area contributed by atoms with Crippen LogP contribution in [0.1, 0.15) is 30.9 Å². The molecule has 164 valence electrons. The fraction of sp³-hybridized carbons (Fsp3) is 0.333. The van der Waals surface area contributed by atoms with E-state index in [9.17, 15) is 9.59 Å². The van der Waals surface area contributed by atoms with Gasteiger partial charge in [0, 0.05) is 13.1 Å². The van der Waals surface area contributed by atoms with Crippen molar-refractivity contribution in [2.45, 2.75) is 31.7 Å². The number of hydrogen-bond acceptors (Lipinski definition) is 3. The molecule has 2 saturated heterocycles. The molecule has 3 aromatic rings. The molecule has 32 heavy (non-hydrogen) atoms. The summed E-state index contributed by atoms with van der Waals surface area (Å²) in [6.07, 6.45) is 3.26. The van der Waals surface area contributed by atoms with E-state index in [1.165, 1.54) is 10.5 Å². The predicted octanol–water partition coefficient (Wildman–Crippen LogP) is 4.52. The van der Waals surface area contributed by atoms with E-state index in [0.717, 1.165) is 48.7 Å². The lowest BCUT2D eigenvalue weighted by molar-refractivity contribution is -0.132. The number of carbonyl (C=O) groups excluding carboxylic acids is 2. The molecule has 2 aliphatic rings. The molecular formula is C27H29N3O2. The Hall–Kier alpha value is -3.18. The van der Waals surface area contributed by atoms with E-state index in [2.05, 4.69) is 40.5 Å². The van der Waals surface area contributed by atoms with Gasteiger partial charge in [-0.3, -0.25) is 9.69 Å². The van der Waals surface area contributed by atoms with Crippen LogP contribution in [0.4, 0.5) is 4.79 Å². The van der Waals surface area contributed by atoms with Crippen molar-refractivity contribution in [1.29, 1.82) is 0 Å². The summed E-state index contributed by atoms with van der Waals surface area (Å²) in [4.78, 5) is 29.8. The van der Waals surface area contributed by atoms with Crippen molar-refractivity contribution >= 4 is 22.7 Å². The number of fused-ring (bicyclic) bond motifs is 1. The van der Waals surface area contributed by atoms with Crippen molar-refractivity contribution in [3.8, 4) is 0 Å². The molecule has 2 heterocycles. The van der Waals surface area contributed by atoms with Crippen molar-refractivity contribution in [1.82, 2.24) is 15.1 Å². The summed E-state index contributed by atoms with van der Waals surface area (Å²) in [5.74, 6) is 0.476. The summed E-state index contributed by atoms with van der Waals surface area (Å²) in [6, 6.07) is 24.3. The Morgan fingerprint density at radius 3 is 2.34 bits per heavy atom. The number of nitrogens with zero attached hydrogens (tertiary/aromatic N) is 2. The number of piperidine rings is 1. The molecule has 5 rings (SSSR count). The molecule has 3 aromatic carbocycles. The molecule has 5 heteroatoms. The average Bonchev–Trinajstić information content (AvgIpc) is 3.04. The molecule has 2 fully saturated rings.